The second kappa shape index (κ2) is 5.24. The van der Waals surface area contributed by atoms with E-state index in [1.165, 1.54) is 24.3 Å². The Morgan fingerprint density at radius 1 is 1.47 bits per heavy atom. The number of benzene rings is 1. The van der Waals surface area contributed by atoms with Gasteiger partial charge in [0.25, 0.3) is 0 Å². The molecule has 0 aliphatic rings. The number of aromatic nitrogens is 1. The third-order valence-corrected chi connectivity index (χ3v) is 4.84. The molecule has 19 heavy (non-hydrogen) atoms. The third-order valence-electron chi connectivity index (χ3n) is 2.53. The summed E-state index contributed by atoms with van der Waals surface area (Å²) in [5, 5.41) is 0. The number of anilines is 1. The van der Waals surface area contributed by atoms with Gasteiger partial charge in [0.1, 0.15) is 5.82 Å². The third kappa shape index (κ3) is 3.09. The van der Waals surface area contributed by atoms with Crippen LogP contribution >= 0.6 is 11.3 Å². The first-order valence-electron chi connectivity index (χ1n) is 5.33. The lowest BCUT2D eigenvalue weighted by atomic mass is 10.2. The SMILES string of the molecule is Cc1c(F)cc(N)cc1S(=O)(=O)NCc1cncs1. The van der Waals surface area contributed by atoms with Gasteiger partial charge in [0, 0.05) is 28.9 Å². The van der Waals surface area contributed by atoms with Crippen LogP contribution in [0.4, 0.5) is 10.1 Å². The van der Waals surface area contributed by atoms with Crippen LogP contribution in [0.15, 0.2) is 28.7 Å². The van der Waals surface area contributed by atoms with Crippen LogP contribution in [-0.4, -0.2) is 13.4 Å². The molecule has 0 bridgehead atoms. The smallest absolute Gasteiger partial charge is 0.241 e. The van der Waals surface area contributed by atoms with Crippen molar-refractivity contribution in [2.24, 2.45) is 0 Å². The average Bonchev–Trinajstić information content (AvgIpc) is 2.84. The fraction of sp³-hybridized carbons (Fsp3) is 0.182. The molecular formula is C11H12FN3O2S2. The lowest BCUT2D eigenvalue weighted by Crippen LogP contribution is -2.24. The largest absolute Gasteiger partial charge is 0.399 e. The topological polar surface area (TPSA) is 85.1 Å². The van der Waals surface area contributed by atoms with Crippen molar-refractivity contribution in [3.05, 3.63) is 40.1 Å². The van der Waals surface area contributed by atoms with Crippen LogP contribution in [0.5, 0.6) is 0 Å². The summed E-state index contributed by atoms with van der Waals surface area (Å²) in [5.74, 6) is -0.641. The Balaban J connectivity index is 2.29. The lowest BCUT2D eigenvalue weighted by Gasteiger charge is -2.10. The number of thiazole rings is 1. The number of nitrogens with zero attached hydrogens (tertiary/aromatic N) is 1. The minimum absolute atomic E-state index is 0.0472. The molecule has 2 rings (SSSR count). The highest BCUT2D eigenvalue weighted by molar-refractivity contribution is 7.89. The van der Waals surface area contributed by atoms with E-state index in [2.05, 4.69) is 9.71 Å². The fourth-order valence-corrected chi connectivity index (χ4v) is 3.44. The molecule has 0 unspecified atom stereocenters. The Hall–Kier alpha value is -1.51. The molecule has 0 fully saturated rings. The quantitative estimate of drug-likeness (QED) is 0.841. The van der Waals surface area contributed by atoms with E-state index in [4.69, 9.17) is 5.73 Å². The van der Waals surface area contributed by atoms with Crippen molar-refractivity contribution in [2.75, 3.05) is 5.73 Å². The second-order valence-corrected chi connectivity index (χ2v) is 6.62. The first-order chi connectivity index (χ1) is 8.90. The monoisotopic (exact) mass is 301 g/mol. The number of nitrogens with one attached hydrogen (secondary N) is 1. The van der Waals surface area contributed by atoms with Gasteiger partial charge < -0.3 is 5.73 Å². The van der Waals surface area contributed by atoms with Crippen molar-refractivity contribution < 1.29 is 12.8 Å². The Kier molecular flexibility index (Phi) is 3.83. The number of hydrogen-bond acceptors (Lipinski definition) is 5. The van der Waals surface area contributed by atoms with E-state index in [1.807, 2.05) is 0 Å². The van der Waals surface area contributed by atoms with E-state index in [-0.39, 0.29) is 22.7 Å². The molecule has 5 nitrogen and oxygen atoms in total. The van der Waals surface area contributed by atoms with Crippen molar-refractivity contribution in [3.63, 3.8) is 0 Å². The van der Waals surface area contributed by atoms with Gasteiger partial charge in [-0.1, -0.05) is 0 Å². The van der Waals surface area contributed by atoms with Crippen LogP contribution in [0.2, 0.25) is 0 Å². The van der Waals surface area contributed by atoms with Gasteiger partial charge in [-0.05, 0) is 19.1 Å². The number of sulfonamides is 1. The maximum Gasteiger partial charge on any atom is 0.241 e. The van der Waals surface area contributed by atoms with Gasteiger partial charge >= 0.3 is 0 Å². The molecule has 1 heterocycles. The molecule has 0 saturated carbocycles. The number of rotatable bonds is 4. The Morgan fingerprint density at radius 2 is 2.21 bits per heavy atom. The highest BCUT2D eigenvalue weighted by Gasteiger charge is 2.19. The summed E-state index contributed by atoms with van der Waals surface area (Å²) in [7, 11) is -3.80. The zero-order valence-electron chi connectivity index (χ0n) is 10.1. The predicted octanol–water partition coefficient (Wildman–Crippen LogP) is 1.65. The van der Waals surface area contributed by atoms with Gasteiger partial charge in [0.2, 0.25) is 10.0 Å². The van der Waals surface area contributed by atoms with Gasteiger partial charge in [-0.2, -0.15) is 0 Å². The molecule has 3 N–H and O–H groups in total. The first-order valence-corrected chi connectivity index (χ1v) is 7.69. The summed E-state index contributed by atoms with van der Waals surface area (Å²) >= 11 is 1.33. The van der Waals surface area contributed by atoms with Crippen molar-refractivity contribution in [1.29, 1.82) is 0 Å². The van der Waals surface area contributed by atoms with Crippen LogP contribution in [0.25, 0.3) is 0 Å². The van der Waals surface area contributed by atoms with Crippen LogP contribution in [-0.2, 0) is 16.6 Å². The highest BCUT2D eigenvalue weighted by atomic mass is 32.2. The molecule has 0 amide bonds. The molecule has 102 valence electrons. The lowest BCUT2D eigenvalue weighted by molar-refractivity contribution is 0.575. The average molecular weight is 301 g/mol. The first kappa shape index (κ1) is 13.9. The van der Waals surface area contributed by atoms with Gasteiger partial charge in [-0.15, -0.1) is 11.3 Å². The molecule has 1 aromatic carbocycles. The van der Waals surface area contributed by atoms with E-state index in [0.29, 0.717) is 0 Å². The fourth-order valence-electron chi connectivity index (χ4n) is 1.53. The number of nitrogen functional groups attached to an aromatic ring is 1. The van der Waals surface area contributed by atoms with Gasteiger partial charge in [0.15, 0.2) is 0 Å². The Morgan fingerprint density at radius 3 is 2.84 bits per heavy atom. The molecule has 0 spiro atoms. The highest BCUT2D eigenvalue weighted by Crippen LogP contribution is 2.22. The van der Waals surface area contributed by atoms with E-state index in [9.17, 15) is 12.8 Å². The van der Waals surface area contributed by atoms with E-state index in [1.54, 1.807) is 11.7 Å². The predicted molar refractivity (Wildman–Crippen MR) is 71.7 cm³/mol. The molecule has 0 saturated heterocycles. The molecule has 0 aliphatic carbocycles. The molecule has 1 aromatic heterocycles. The summed E-state index contributed by atoms with van der Waals surface area (Å²) in [6, 6.07) is 2.34. The molecule has 0 aliphatic heterocycles. The van der Waals surface area contributed by atoms with Crippen LogP contribution in [0.3, 0.4) is 0 Å². The molecule has 8 heteroatoms. The van der Waals surface area contributed by atoms with Crippen molar-refractivity contribution in [1.82, 2.24) is 9.71 Å². The van der Waals surface area contributed by atoms with Gasteiger partial charge in [-0.25, -0.2) is 17.5 Å². The zero-order valence-corrected chi connectivity index (χ0v) is 11.7. The van der Waals surface area contributed by atoms with Crippen molar-refractivity contribution in [2.45, 2.75) is 18.4 Å². The maximum atomic E-state index is 13.5. The van der Waals surface area contributed by atoms with Gasteiger partial charge in [-0.3, -0.25) is 4.98 Å². The summed E-state index contributed by atoms with van der Waals surface area (Å²) in [5.41, 5.74) is 7.20. The van der Waals surface area contributed by atoms with E-state index < -0.39 is 15.8 Å². The summed E-state index contributed by atoms with van der Waals surface area (Å²) in [4.78, 5) is 4.47. The van der Waals surface area contributed by atoms with Gasteiger partial charge in [0.05, 0.1) is 10.4 Å². The standard InChI is InChI=1S/C11H12FN3O2S2/c1-7-10(12)2-8(13)3-11(7)19(16,17)15-5-9-4-14-6-18-9/h2-4,6,15H,5,13H2,1H3. The molecular weight excluding hydrogens is 289 g/mol. The van der Waals surface area contributed by atoms with E-state index >= 15 is 0 Å². The molecule has 0 radical (unpaired) electrons. The van der Waals surface area contributed by atoms with Crippen LogP contribution in [0, 0.1) is 12.7 Å². The summed E-state index contributed by atoms with van der Waals surface area (Å²) in [6.07, 6.45) is 1.57. The minimum atomic E-state index is -3.80. The van der Waals surface area contributed by atoms with Crippen LogP contribution < -0.4 is 10.5 Å². The molecule has 2 aromatic rings. The number of halogens is 1. The van der Waals surface area contributed by atoms with Crippen molar-refractivity contribution >= 4 is 27.0 Å². The zero-order chi connectivity index (χ0) is 14.0. The maximum absolute atomic E-state index is 13.5. The van der Waals surface area contributed by atoms with Crippen LogP contribution in [0.1, 0.15) is 10.4 Å². The minimum Gasteiger partial charge on any atom is -0.399 e. The molecule has 0 atom stereocenters. The van der Waals surface area contributed by atoms with E-state index in [0.717, 1.165) is 10.9 Å². The second-order valence-electron chi connectivity index (χ2n) is 3.92. The number of nitrogens with two attached hydrogens (primary N) is 1. The summed E-state index contributed by atoms with van der Waals surface area (Å²) < 4.78 is 40.1. The Bertz CT molecular complexity index is 684. The summed E-state index contributed by atoms with van der Waals surface area (Å²) in [6.45, 7) is 1.51. The number of hydrogen-bond donors (Lipinski definition) is 2. The van der Waals surface area contributed by atoms with Crippen molar-refractivity contribution in [3.8, 4) is 0 Å². The Labute approximate surface area is 114 Å². The normalized spacial score (nSPS) is 11.7.